The summed E-state index contributed by atoms with van der Waals surface area (Å²) in [5.74, 6) is 0. The van der Waals surface area contributed by atoms with Crippen molar-refractivity contribution in [1.82, 2.24) is 0 Å². The molecule has 1 aromatic carbocycles. The van der Waals surface area contributed by atoms with Crippen molar-refractivity contribution in [1.29, 1.82) is 0 Å². The summed E-state index contributed by atoms with van der Waals surface area (Å²) < 4.78 is 1.93. The molecule has 16 heavy (non-hydrogen) atoms. The van der Waals surface area contributed by atoms with E-state index < -0.39 is 6.10 Å². The van der Waals surface area contributed by atoms with Gasteiger partial charge >= 0.3 is 0 Å². The minimum Gasteiger partial charge on any atom is -0.391 e. The van der Waals surface area contributed by atoms with Gasteiger partial charge in [0.15, 0.2) is 0 Å². The molecule has 0 radical (unpaired) electrons. The van der Waals surface area contributed by atoms with Crippen LogP contribution in [-0.4, -0.2) is 11.2 Å². The fraction of sp³-hybridized carbons (Fsp3) is 0.455. The predicted molar refractivity (Wildman–Crippen MR) is 76.9 cm³/mol. The molecule has 5 heteroatoms. The van der Waals surface area contributed by atoms with E-state index in [4.69, 9.17) is 5.73 Å². The molecule has 1 aromatic rings. The summed E-state index contributed by atoms with van der Waals surface area (Å²) in [5.41, 5.74) is 6.91. The maximum Gasteiger partial charge on any atom is 0.0732 e. The van der Waals surface area contributed by atoms with Crippen molar-refractivity contribution >= 4 is 44.3 Å². The molecule has 0 aromatic heterocycles. The van der Waals surface area contributed by atoms with Gasteiger partial charge in [0.1, 0.15) is 0 Å². The number of benzene rings is 1. The lowest BCUT2D eigenvalue weighted by Gasteiger charge is -2.19. The molecular weight excluding hydrogens is 357 g/mol. The molecule has 0 saturated carbocycles. The van der Waals surface area contributed by atoms with Crippen molar-refractivity contribution in [2.45, 2.75) is 31.9 Å². The molecule has 1 rings (SSSR count). The summed E-state index contributed by atoms with van der Waals surface area (Å²) in [6.07, 6.45) is 1.19. The van der Waals surface area contributed by atoms with Crippen LogP contribution in [0, 0.1) is 0 Å². The number of aliphatic hydroxyl groups excluding tert-OH is 1. The number of halogens is 3. The minimum atomic E-state index is -0.476. The van der Waals surface area contributed by atoms with E-state index in [1.165, 1.54) is 0 Å². The topological polar surface area (TPSA) is 46.2 Å². The number of hydrogen-bond acceptors (Lipinski definition) is 2. The predicted octanol–water partition coefficient (Wildman–Crippen LogP) is 3.79. The Balaban J connectivity index is 0.00000225. The fourth-order valence-electron chi connectivity index (χ4n) is 1.47. The van der Waals surface area contributed by atoms with Gasteiger partial charge < -0.3 is 10.8 Å². The van der Waals surface area contributed by atoms with Gasteiger partial charge in [-0.25, -0.2) is 0 Å². The zero-order valence-electron chi connectivity index (χ0n) is 8.99. The monoisotopic (exact) mass is 371 g/mol. The van der Waals surface area contributed by atoms with Crippen LogP contribution in [0.3, 0.4) is 0 Å². The lowest BCUT2D eigenvalue weighted by atomic mass is 9.99. The van der Waals surface area contributed by atoms with Crippen LogP contribution in [0.15, 0.2) is 27.1 Å². The molecule has 0 amide bonds. The molecule has 3 N–H and O–H groups in total. The Morgan fingerprint density at radius 2 is 1.75 bits per heavy atom. The number of aliphatic hydroxyl groups is 1. The third-order valence-electron chi connectivity index (χ3n) is 2.27. The van der Waals surface area contributed by atoms with Crippen LogP contribution in [0.2, 0.25) is 0 Å². The van der Waals surface area contributed by atoms with E-state index in [1.54, 1.807) is 0 Å². The molecule has 0 bridgehead atoms. The van der Waals surface area contributed by atoms with Crippen molar-refractivity contribution in [2.75, 3.05) is 0 Å². The lowest BCUT2D eigenvalue weighted by molar-refractivity contribution is 0.134. The normalized spacial score (nSPS) is 14.1. The van der Waals surface area contributed by atoms with Gasteiger partial charge in [0.2, 0.25) is 0 Å². The fourth-order valence-corrected chi connectivity index (χ4v) is 2.79. The second kappa shape index (κ2) is 7.67. The van der Waals surface area contributed by atoms with Gasteiger partial charge in [0, 0.05) is 8.95 Å². The Bertz CT molecular complexity index is 316. The summed E-state index contributed by atoms with van der Waals surface area (Å²) in [6, 6.07) is 5.50. The first-order chi connectivity index (χ1) is 7.04. The van der Waals surface area contributed by atoms with Gasteiger partial charge in [0.05, 0.1) is 12.1 Å². The van der Waals surface area contributed by atoms with Crippen LogP contribution in [0.1, 0.15) is 31.4 Å². The Morgan fingerprint density at radius 1 is 1.25 bits per heavy atom. The van der Waals surface area contributed by atoms with E-state index >= 15 is 0 Å². The van der Waals surface area contributed by atoms with E-state index in [0.717, 1.165) is 27.4 Å². The summed E-state index contributed by atoms with van der Waals surface area (Å²) in [4.78, 5) is 0. The van der Waals surface area contributed by atoms with E-state index in [0.29, 0.717) is 0 Å². The molecule has 0 fully saturated rings. The minimum absolute atomic E-state index is 0. The van der Waals surface area contributed by atoms with Crippen LogP contribution in [0.25, 0.3) is 0 Å². The van der Waals surface area contributed by atoms with Gasteiger partial charge in [-0.15, -0.1) is 12.4 Å². The molecule has 0 spiro atoms. The van der Waals surface area contributed by atoms with Crippen molar-refractivity contribution in [3.8, 4) is 0 Å². The average Bonchev–Trinajstić information content (AvgIpc) is 2.15. The zero-order valence-corrected chi connectivity index (χ0v) is 13.0. The second-order valence-corrected chi connectivity index (χ2v) is 5.42. The van der Waals surface area contributed by atoms with E-state index in [1.807, 2.05) is 25.1 Å². The number of hydrogen-bond donors (Lipinski definition) is 2. The summed E-state index contributed by atoms with van der Waals surface area (Å²) in [7, 11) is 0. The van der Waals surface area contributed by atoms with E-state index in [2.05, 4.69) is 31.9 Å². The quantitative estimate of drug-likeness (QED) is 0.843. The largest absolute Gasteiger partial charge is 0.391 e. The first-order valence-electron chi connectivity index (χ1n) is 4.94. The standard InChI is InChI=1S/C11H15Br2NO.ClH/c1-2-3-10(15)11(14)7-4-8(12)6-9(13)5-7;/h4-6,10-11,15H,2-3,14H2,1H3;1H/t10-,11+;/m1./s1. The third kappa shape index (κ3) is 4.72. The van der Waals surface area contributed by atoms with Crippen LogP contribution >= 0.6 is 44.3 Å². The van der Waals surface area contributed by atoms with Gasteiger partial charge in [-0.2, -0.15) is 0 Å². The first-order valence-corrected chi connectivity index (χ1v) is 6.52. The highest BCUT2D eigenvalue weighted by Gasteiger charge is 2.16. The molecule has 0 aliphatic carbocycles. The SMILES string of the molecule is CCC[C@@H](O)[C@@H](N)c1cc(Br)cc(Br)c1.Cl. The van der Waals surface area contributed by atoms with Crippen molar-refractivity contribution < 1.29 is 5.11 Å². The highest BCUT2D eigenvalue weighted by Crippen LogP contribution is 2.25. The molecule has 92 valence electrons. The highest BCUT2D eigenvalue weighted by molar-refractivity contribution is 9.11. The van der Waals surface area contributed by atoms with Crippen LogP contribution in [0.4, 0.5) is 0 Å². The van der Waals surface area contributed by atoms with Crippen LogP contribution in [0.5, 0.6) is 0 Å². The molecule has 0 aliphatic heterocycles. The molecular formula is C11H16Br2ClNO. The summed E-state index contributed by atoms with van der Waals surface area (Å²) in [5, 5.41) is 9.80. The number of nitrogens with two attached hydrogens (primary N) is 1. The van der Waals surface area contributed by atoms with Gasteiger partial charge in [-0.3, -0.25) is 0 Å². The third-order valence-corrected chi connectivity index (χ3v) is 3.18. The average molecular weight is 374 g/mol. The van der Waals surface area contributed by atoms with Crippen molar-refractivity contribution in [2.24, 2.45) is 5.73 Å². The summed E-state index contributed by atoms with van der Waals surface area (Å²) in [6.45, 7) is 2.03. The van der Waals surface area contributed by atoms with Gasteiger partial charge in [-0.1, -0.05) is 45.2 Å². The maximum absolute atomic E-state index is 9.80. The number of rotatable bonds is 4. The molecule has 0 saturated heterocycles. The highest BCUT2D eigenvalue weighted by atomic mass is 79.9. The molecule has 2 atom stereocenters. The Morgan fingerprint density at radius 3 is 2.19 bits per heavy atom. The lowest BCUT2D eigenvalue weighted by Crippen LogP contribution is -2.25. The van der Waals surface area contributed by atoms with Crippen LogP contribution < -0.4 is 5.73 Å². The Kier molecular flexibility index (Phi) is 7.85. The molecule has 0 aliphatic rings. The molecule has 2 nitrogen and oxygen atoms in total. The first kappa shape index (κ1) is 16.4. The van der Waals surface area contributed by atoms with E-state index in [9.17, 15) is 5.11 Å². The Hall–Kier alpha value is 0.390. The van der Waals surface area contributed by atoms with E-state index in [-0.39, 0.29) is 18.4 Å². The zero-order chi connectivity index (χ0) is 11.4. The van der Waals surface area contributed by atoms with Gasteiger partial charge in [-0.05, 0) is 30.2 Å². The van der Waals surface area contributed by atoms with Crippen molar-refractivity contribution in [3.05, 3.63) is 32.7 Å². The van der Waals surface area contributed by atoms with Crippen molar-refractivity contribution in [3.63, 3.8) is 0 Å². The van der Waals surface area contributed by atoms with Crippen LogP contribution in [-0.2, 0) is 0 Å². The maximum atomic E-state index is 9.80. The molecule has 0 unspecified atom stereocenters. The summed E-state index contributed by atoms with van der Waals surface area (Å²) >= 11 is 6.80. The second-order valence-electron chi connectivity index (χ2n) is 3.58. The van der Waals surface area contributed by atoms with Gasteiger partial charge in [0.25, 0.3) is 0 Å². The molecule has 0 heterocycles. The smallest absolute Gasteiger partial charge is 0.0732 e. The Labute approximate surface area is 119 Å².